The molecule has 132 valence electrons. The molecule has 2 N–H and O–H groups in total. The Balaban J connectivity index is 1.78. The lowest BCUT2D eigenvalue weighted by Crippen LogP contribution is -2.08. The highest BCUT2D eigenvalue weighted by atomic mass is 16.4. The molecule has 0 saturated heterocycles. The predicted octanol–water partition coefficient (Wildman–Crippen LogP) is 4.35. The zero-order valence-electron chi connectivity index (χ0n) is 14.7. The second-order valence-corrected chi connectivity index (χ2v) is 6.00. The maximum absolute atomic E-state index is 12.1. The summed E-state index contributed by atoms with van der Waals surface area (Å²) in [7, 11) is 0. The van der Waals surface area contributed by atoms with Crippen molar-refractivity contribution in [1.82, 2.24) is 0 Å². The van der Waals surface area contributed by atoms with Crippen LogP contribution in [0.2, 0.25) is 0 Å². The molecular formula is C23H17NO3. The average Bonchev–Trinajstić information content (AvgIpc) is 2.68. The van der Waals surface area contributed by atoms with Gasteiger partial charge in [-0.2, -0.15) is 0 Å². The van der Waals surface area contributed by atoms with Gasteiger partial charge >= 0.3 is 11.9 Å². The van der Waals surface area contributed by atoms with Gasteiger partial charge in [0.25, 0.3) is 0 Å². The van der Waals surface area contributed by atoms with Gasteiger partial charge in [-0.05, 0) is 48.4 Å². The molecular weight excluding hydrogens is 338 g/mol. The lowest BCUT2D eigenvalue weighted by molar-refractivity contribution is -0.111. The fourth-order valence-electron chi connectivity index (χ4n) is 2.56. The van der Waals surface area contributed by atoms with Gasteiger partial charge in [0.2, 0.25) is 0 Å². The molecule has 0 aliphatic heterocycles. The van der Waals surface area contributed by atoms with Gasteiger partial charge in [0, 0.05) is 17.2 Å². The first-order chi connectivity index (χ1) is 13.0. The number of carboxylic acid groups (broad SMARTS) is 1. The first kappa shape index (κ1) is 18.0. The fraction of sp³-hybridized carbons (Fsp3) is 0.0435. The smallest absolute Gasteiger partial charge is 0.335 e. The average molecular weight is 355 g/mol. The molecule has 27 heavy (non-hydrogen) atoms. The minimum Gasteiger partial charge on any atom is -0.478 e. The quantitative estimate of drug-likeness (QED) is 0.687. The number of nitrogens with one attached hydrogen (secondary N) is 1. The molecule has 3 aromatic rings. The zero-order valence-corrected chi connectivity index (χ0v) is 14.7. The van der Waals surface area contributed by atoms with Gasteiger partial charge in [-0.1, -0.05) is 53.9 Å². The van der Waals surface area contributed by atoms with Crippen molar-refractivity contribution in [3.8, 4) is 23.0 Å². The summed E-state index contributed by atoms with van der Waals surface area (Å²) in [6, 6.07) is 21.7. The number of hydrogen-bond acceptors (Lipinski definition) is 2. The van der Waals surface area contributed by atoms with Crippen LogP contribution in [0.15, 0.2) is 72.8 Å². The predicted molar refractivity (Wildman–Crippen MR) is 106 cm³/mol. The summed E-state index contributed by atoms with van der Waals surface area (Å²) in [4.78, 5) is 22.9. The summed E-state index contributed by atoms with van der Waals surface area (Å²) >= 11 is 0. The number of benzene rings is 3. The van der Waals surface area contributed by atoms with Crippen molar-refractivity contribution >= 4 is 17.6 Å². The van der Waals surface area contributed by atoms with Crippen LogP contribution in [-0.2, 0) is 4.79 Å². The summed E-state index contributed by atoms with van der Waals surface area (Å²) < 4.78 is 0. The third-order valence-electron chi connectivity index (χ3n) is 3.99. The molecule has 0 radical (unpaired) electrons. The highest BCUT2D eigenvalue weighted by Gasteiger charge is 2.05. The minimum atomic E-state index is -1.01. The van der Waals surface area contributed by atoms with Crippen molar-refractivity contribution in [2.75, 3.05) is 5.32 Å². The van der Waals surface area contributed by atoms with E-state index in [-0.39, 0.29) is 5.56 Å². The van der Waals surface area contributed by atoms with E-state index in [4.69, 9.17) is 5.11 Å². The lowest BCUT2D eigenvalue weighted by atomic mass is 9.99. The van der Waals surface area contributed by atoms with Crippen LogP contribution >= 0.6 is 0 Å². The maximum atomic E-state index is 12.1. The number of anilines is 1. The van der Waals surface area contributed by atoms with Gasteiger partial charge in [0.15, 0.2) is 0 Å². The van der Waals surface area contributed by atoms with Crippen molar-refractivity contribution in [3.63, 3.8) is 0 Å². The van der Waals surface area contributed by atoms with Crippen LogP contribution in [-0.4, -0.2) is 17.0 Å². The molecule has 3 rings (SSSR count). The molecule has 0 atom stereocenters. The summed E-state index contributed by atoms with van der Waals surface area (Å²) in [5.41, 5.74) is 4.59. The highest BCUT2D eigenvalue weighted by Crippen LogP contribution is 2.23. The van der Waals surface area contributed by atoms with E-state index in [1.54, 1.807) is 0 Å². The molecule has 3 aromatic carbocycles. The van der Waals surface area contributed by atoms with Crippen LogP contribution in [0.25, 0.3) is 11.1 Å². The fourth-order valence-corrected chi connectivity index (χ4v) is 2.56. The number of hydrogen-bond donors (Lipinski definition) is 2. The number of carboxylic acids is 1. The van der Waals surface area contributed by atoms with Crippen LogP contribution in [0.3, 0.4) is 0 Å². The first-order valence-corrected chi connectivity index (χ1v) is 8.35. The van der Waals surface area contributed by atoms with Gasteiger partial charge in [-0.15, -0.1) is 0 Å². The van der Waals surface area contributed by atoms with E-state index in [1.807, 2.05) is 55.5 Å². The van der Waals surface area contributed by atoms with E-state index in [9.17, 15) is 9.59 Å². The molecule has 0 heterocycles. The van der Waals surface area contributed by atoms with E-state index < -0.39 is 11.9 Å². The van der Waals surface area contributed by atoms with Crippen LogP contribution in [0.5, 0.6) is 0 Å². The summed E-state index contributed by atoms with van der Waals surface area (Å²) in [6.45, 7) is 2.03. The Hall–Kier alpha value is -3.84. The van der Waals surface area contributed by atoms with Crippen molar-refractivity contribution < 1.29 is 14.7 Å². The van der Waals surface area contributed by atoms with E-state index in [0.717, 1.165) is 16.7 Å². The van der Waals surface area contributed by atoms with Crippen molar-refractivity contribution in [3.05, 3.63) is 89.5 Å². The van der Waals surface area contributed by atoms with E-state index >= 15 is 0 Å². The molecule has 0 aromatic heterocycles. The number of carbonyl (C=O) groups excluding carboxylic acids is 1. The molecule has 0 aliphatic carbocycles. The molecule has 0 aliphatic rings. The van der Waals surface area contributed by atoms with Crippen LogP contribution in [0.4, 0.5) is 5.69 Å². The van der Waals surface area contributed by atoms with Gasteiger partial charge in [-0.3, -0.25) is 4.79 Å². The summed E-state index contributed by atoms with van der Waals surface area (Å²) in [6.07, 6.45) is 0. The Bertz CT molecular complexity index is 1040. The molecule has 0 saturated carbocycles. The maximum Gasteiger partial charge on any atom is 0.335 e. The largest absolute Gasteiger partial charge is 0.478 e. The third kappa shape index (κ3) is 4.62. The van der Waals surface area contributed by atoms with Gasteiger partial charge in [0.05, 0.1) is 5.56 Å². The topological polar surface area (TPSA) is 66.4 Å². The van der Waals surface area contributed by atoms with Crippen LogP contribution in [0.1, 0.15) is 21.5 Å². The second kappa shape index (κ2) is 8.03. The van der Waals surface area contributed by atoms with E-state index in [2.05, 4.69) is 17.2 Å². The van der Waals surface area contributed by atoms with Gasteiger partial charge < -0.3 is 10.4 Å². The zero-order chi connectivity index (χ0) is 19.2. The van der Waals surface area contributed by atoms with Gasteiger partial charge in [-0.25, -0.2) is 4.79 Å². The van der Waals surface area contributed by atoms with Crippen molar-refractivity contribution in [2.24, 2.45) is 0 Å². The minimum absolute atomic E-state index is 0.158. The third-order valence-corrected chi connectivity index (χ3v) is 3.99. The molecule has 0 bridgehead atoms. The number of aryl methyl sites for hydroxylation is 1. The normalized spacial score (nSPS) is 9.81. The monoisotopic (exact) mass is 355 g/mol. The van der Waals surface area contributed by atoms with Gasteiger partial charge in [0.1, 0.15) is 0 Å². The van der Waals surface area contributed by atoms with Crippen LogP contribution < -0.4 is 5.32 Å². The Morgan fingerprint density at radius 3 is 2.22 bits per heavy atom. The molecule has 0 spiro atoms. The van der Waals surface area contributed by atoms with E-state index in [1.165, 1.54) is 29.8 Å². The van der Waals surface area contributed by atoms with Crippen molar-refractivity contribution in [1.29, 1.82) is 0 Å². The molecule has 4 heteroatoms. The van der Waals surface area contributed by atoms with Crippen LogP contribution in [0, 0.1) is 18.8 Å². The molecule has 0 unspecified atom stereocenters. The lowest BCUT2D eigenvalue weighted by Gasteiger charge is -2.05. The first-order valence-electron chi connectivity index (χ1n) is 8.35. The molecule has 4 nitrogen and oxygen atoms in total. The second-order valence-electron chi connectivity index (χ2n) is 6.00. The Kier molecular flexibility index (Phi) is 5.34. The standard InChI is InChI=1S/C23H17NO3/c1-16-6-8-18(9-7-16)21-5-3-2-4-17(21)12-15-22(25)24-20-13-10-19(11-14-20)23(26)27/h2-11,13-14H,1H3,(H,24,25)(H,26,27). The summed E-state index contributed by atoms with van der Waals surface area (Å²) in [5, 5.41) is 11.5. The Morgan fingerprint density at radius 2 is 1.56 bits per heavy atom. The number of amides is 1. The Labute approximate surface area is 157 Å². The molecule has 1 amide bonds. The van der Waals surface area contributed by atoms with Crippen molar-refractivity contribution in [2.45, 2.75) is 6.92 Å². The number of carbonyl (C=O) groups is 2. The van der Waals surface area contributed by atoms with E-state index in [0.29, 0.717) is 5.69 Å². The number of rotatable bonds is 3. The molecule has 0 fully saturated rings. The SMILES string of the molecule is Cc1ccc(-c2ccccc2C#CC(=O)Nc2ccc(C(=O)O)cc2)cc1. The summed E-state index contributed by atoms with van der Waals surface area (Å²) in [5.74, 6) is 4.03. The number of aromatic carboxylic acids is 1. The highest BCUT2D eigenvalue weighted by molar-refractivity contribution is 6.04. The Morgan fingerprint density at radius 1 is 0.889 bits per heavy atom.